The van der Waals surface area contributed by atoms with Crippen molar-refractivity contribution >= 4 is 17.6 Å². The second-order valence-corrected chi connectivity index (χ2v) is 4.88. The SMILES string of the molecule is CCC(NNC(=O)c1ccc(F)cc1)C(=O)Nc1cc(C)on1. The Morgan fingerprint density at radius 2 is 2.00 bits per heavy atom. The minimum atomic E-state index is -0.656. The lowest BCUT2D eigenvalue weighted by atomic mass is 10.2. The van der Waals surface area contributed by atoms with Crippen molar-refractivity contribution < 1.29 is 18.5 Å². The summed E-state index contributed by atoms with van der Waals surface area (Å²) in [4.78, 5) is 24.0. The van der Waals surface area contributed by atoms with Gasteiger partial charge in [0.05, 0.1) is 0 Å². The van der Waals surface area contributed by atoms with Gasteiger partial charge in [-0.25, -0.2) is 9.82 Å². The highest BCUT2D eigenvalue weighted by Gasteiger charge is 2.18. The van der Waals surface area contributed by atoms with E-state index in [9.17, 15) is 14.0 Å². The molecule has 0 radical (unpaired) electrons. The number of carbonyl (C=O) groups is 2. The summed E-state index contributed by atoms with van der Waals surface area (Å²) in [5.41, 5.74) is 5.35. The van der Waals surface area contributed by atoms with Crippen LogP contribution < -0.4 is 16.2 Å². The fraction of sp³-hybridized carbons (Fsp3) is 0.267. The van der Waals surface area contributed by atoms with Gasteiger partial charge in [-0.2, -0.15) is 0 Å². The number of anilines is 1. The number of halogens is 1. The zero-order chi connectivity index (χ0) is 16.8. The number of hydrogen-bond acceptors (Lipinski definition) is 5. The van der Waals surface area contributed by atoms with E-state index in [0.29, 0.717) is 18.0 Å². The number of rotatable bonds is 6. The summed E-state index contributed by atoms with van der Waals surface area (Å²) in [5.74, 6) is -0.375. The molecule has 1 atom stereocenters. The fourth-order valence-electron chi connectivity index (χ4n) is 1.82. The Hall–Kier alpha value is -2.74. The lowest BCUT2D eigenvalue weighted by molar-refractivity contribution is -0.118. The molecule has 2 amide bonds. The first-order chi connectivity index (χ1) is 11.0. The van der Waals surface area contributed by atoms with Crippen LogP contribution in [0.3, 0.4) is 0 Å². The molecular weight excluding hydrogens is 303 g/mol. The van der Waals surface area contributed by atoms with Crippen molar-refractivity contribution in [2.75, 3.05) is 5.32 Å². The maximum Gasteiger partial charge on any atom is 0.265 e. The van der Waals surface area contributed by atoms with Gasteiger partial charge in [0.25, 0.3) is 5.91 Å². The Morgan fingerprint density at radius 1 is 1.30 bits per heavy atom. The zero-order valence-electron chi connectivity index (χ0n) is 12.7. The second-order valence-electron chi connectivity index (χ2n) is 4.88. The van der Waals surface area contributed by atoms with E-state index in [-0.39, 0.29) is 11.5 Å². The Labute approximate surface area is 132 Å². The summed E-state index contributed by atoms with van der Waals surface area (Å²) >= 11 is 0. The van der Waals surface area contributed by atoms with Gasteiger partial charge in [0.15, 0.2) is 5.82 Å². The molecule has 3 N–H and O–H groups in total. The molecule has 0 saturated heterocycles. The smallest absolute Gasteiger partial charge is 0.265 e. The summed E-state index contributed by atoms with van der Waals surface area (Å²) in [7, 11) is 0. The number of hydrogen-bond donors (Lipinski definition) is 3. The summed E-state index contributed by atoms with van der Waals surface area (Å²) in [6.07, 6.45) is 0.437. The molecule has 0 aliphatic rings. The molecule has 0 fully saturated rings. The molecule has 1 aromatic heterocycles. The van der Waals surface area contributed by atoms with E-state index >= 15 is 0 Å². The number of nitrogens with one attached hydrogen (secondary N) is 3. The average Bonchev–Trinajstić information content (AvgIpc) is 2.93. The largest absolute Gasteiger partial charge is 0.360 e. The number of hydrazine groups is 1. The highest BCUT2D eigenvalue weighted by atomic mass is 19.1. The quantitative estimate of drug-likeness (QED) is 0.705. The van der Waals surface area contributed by atoms with E-state index in [1.54, 1.807) is 19.9 Å². The molecule has 1 unspecified atom stereocenters. The van der Waals surface area contributed by atoms with Crippen LogP contribution in [0.1, 0.15) is 29.5 Å². The van der Waals surface area contributed by atoms with Crippen LogP contribution in [-0.4, -0.2) is 23.0 Å². The number of amides is 2. The fourth-order valence-corrected chi connectivity index (χ4v) is 1.82. The standard InChI is InChI=1S/C15H17FN4O3/c1-3-12(15(22)17-13-8-9(2)23-20-13)18-19-14(21)10-4-6-11(16)7-5-10/h4-8,12,18H,3H2,1-2H3,(H,19,21)(H,17,20,22). The maximum atomic E-state index is 12.8. The zero-order valence-corrected chi connectivity index (χ0v) is 12.7. The summed E-state index contributed by atoms with van der Waals surface area (Å²) in [6, 6.07) is 6.01. The highest BCUT2D eigenvalue weighted by molar-refractivity contribution is 5.96. The Kier molecular flexibility index (Phi) is 5.42. The van der Waals surface area contributed by atoms with Crippen molar-refractivity contribution in [3.8, 4) is 0 Å². The minimum Gasteiger partial charge on any atom is -0.360 e. The van der Waals surface area contributed by atoms with Crippen LogP contribution in [0.25, 0.3) is 0 Å². The minimum absolute atomic E-state index is 0.279. The first kappa shape index (κ1) is 16.6. The monoisotopic (exact) mass is 320 g/mol. The molecule has 2 aromatic rings. The predicted molar refractivity (Wildman–Crippen MR) is 81.0 cm³/mol. The van der Waals surface area contributed by atoms with Gasteiger partial charge < -0.3 is 9.84 Å². The third-order valence-electron chi connectivity index (χ3n) is 3.07. The number of aryl methyl sites for hydroxylation is 1. The number of nitrogens with zero attached hydrogens (tertiary/aromatic N) is 1. The van der Waals surface area contributed by atoms with Gasteiger partial charge in [0.1, 0.15) is 17.6 Å². The molecular formula is C15H17FN4O3. The van der Waals surface area contributed by atoms with E-state index in [4.69, 9.17) is 4.52 Å². The Balaban J connectivity index is 1.89. The van der Waals surface area contributed by atoms with E-state index in [1.165, 1.54) is 24.3 Å². The van der Waals surface area contributed by atoms with Crippen molar-refractivity contribution in [2.45, 2.75) is 26.3 Å². The van der Waals surface area contributed by atoms with Crippen LogP contribution >= 0.6 is 0 Å². The molecule has 0 spiro atoms. The van der Waals surface area contributed by atoms with Crippen LogP contribution in [0.5, 0.6) is 0 Å². The maximum absolute atomic E-state index is 12.8. The van der Waals surface area contributed by atoms with Crippen LogP contribution in [0.2, 0.25) is 0 Å². The van der Waals surface area contributed by atoms with E-state index in [2.05, 4.69) is 21.3 Å². The van der Waals surface area contributed by atoms with E-state index < -0.39 is 17.8 Å². The highest BCUT2D eigenvalue weighted by Crippen LogP contribution is 2.08. The van der Waals surface area contributed by atoms with Crippen LogP contribution in [0, 0.1) is 12.7 Å². The third kappa shape index (κ3) is 4.62. The predicted octanol–water partition coefficient (Wildman–Crippen LogP) is 1.77. The molecule has 0 aliphatic heterocycles. The normalized spacial score (nSPS) is 11.8. The Bertz CT molecular complexity index is 684. The Morgan fingerprint density at radius 3 is 2.57 bits per heavy atom. The van der Waals surface area contributed by atoms with Gasteiger partial charge in [-0.15, -0.1) is 0 Å². The van der Waals surface area contributed by atoms with Crippen LogP contribution in [0.4, 0.5) is 10.2 Å². The van der Waals surface area contributed by atoms with E-state index in [0.717, 1.165) is 0 Å². The number of aromatic nitrogens is 1. The van der Waals surface area contributed by atoms with Gasteiger partial charge in [-0.3, -0.25) is 15.0 Å². The molecule has 122 valence electrons. The molecule has 8 heteroatoms. The molecule has 0 aliphatic carbocycles. The average molecular weight is 320 g/mol. The lowest BCUT2D eigenvalue weighted by Gasteiger charge is -2.16. The van der Waals surface area contributed by atoms with Crippen molar-refractivity contribution in [3.63, 3.8) is 0 Å². The number of benzene rings is 1. The van der Waals surface area contributed by atoms with Gasteiger partial charge in [0.2, 0.25) is 5.91 Å². The first-order valence-electron chi connectivity index (χ1n) is 7.05. The molecule has 0 saturated carbocycles. The van der Waals surface area contributed by atoms with Gasteiger partial charge in [-0.05, 0) is 37.6 Å². The second kappa shape index (κ2) is 7.50. The molecule has 0 bridgehead atoms. The summed E-state index contributed by atoms with van der Waals surface area (Å²) in [6.45, 7) is 3.50. The molecule has 1 aromatic carbocycles. The molecule has 23 heavy (non-hydrogen) atoms. The lowest BCUT2D eigenvalue weighted by Crippen LogP contribution is -2.49. The topological polar surface area (TPSA) is 96.3 Å². The van der Waals surface area contributed by atoms with Gasteiger partial charge >= 0.3 is 0 Å². The van der Waals surface area contributed by atoms with Crippen molar-refractivity contribution in [3.05, 3.63) is 47.5 Å². The first-order valence-corrected chi connectivity index (χ1v) is 7.05. The van der Waals surface area contributed by atoms with Gasteiger partial charge in [0, 0.05) is 11.6 Å². The van der Waals surface area contributed by atoms with Gasteiger partial charge in [-0.1, -0.05) is 12.1 Å². The third-order valence-corrected chi connectivity index (χ3v) is 3.07. The van der Waals surface area contributed by atoms with Crippen molar-refractivity contribution in [1.29, 1.82) is 0 Å². The molecule has 1 heterocycles. The van der Waals surface area contributed by atoms with Crippen molar-refractivity contribution in [2.24, 2.45) is 0 Å². The van der Waals surface area contributed by atoms with Crippen LogP contribution in [-0.2, 0) is 4.79 Å². The van der Waals surface area contributed by atoms with Crippen molar-refractivity contribution in [1.82, 2.24) is 16.0 Å². The summed E-state index contributed by atoms with van der Waals surface area (Å²) < 4.78 is 17.7. The van der Waals surface area contributed by atoms with E-state index in [1.807, 2.05) is 0 Å². The summed E-state index contributed by atoms with van der Waals surface area (Å²) in [5, 5.41) is 6.24. The number of carbonyl (C=O) groups excluding carboxylic acids is 2. The molecule has 7 nitrogen and oxygen atoms in total. The van der Waals surface area contributed by atoms with Crippen LogP contribution in [0.15, 0.2) is 34.9 Å². The molecule has 2 rings (SSSR count).